The molecule has 0 saturated heterocycles. The van der Waals surface area contributed by atoms with E-state index in [1.165, 1.54) is 0 Å². The molecule has 102 valence electrons. The Labute approximate surface area is 126 Å². The highest BCUT2D eigenvalue weighted by molar-refractivity contribution is 6.32. The Morgan fingerprint density at radius 1 is 1.14 bits per heavy atom. The minimum absolute atomic E-state index is 0.303. The molecule has 0 atom stereocenters. The molecule has 2 aromatic carbocycles. The van der Waals surface area contributed by atoms with Crippen LogP contribution in [0, 0.1) is 11.3 Å². The lowest BCUT2D eigenvalue weighted by Gasteiger charge is -2.09. The largest absolute Gasteiger partial charge is 0.437 e. The first-order valence-electron chi connectivity index (χ1n) is 6.20. The second-order valence-electron chi connectivity index (χ2n) is 4.43. The molecule has 3 aromatic rings. The second-order valence-corrected chi connectivity index (χ2v) is 4.84. The van der Waals surface area contributed by atoms with Crippen LogP contribution in [0.4, 0.5) is 5.69 Å². The van der Waals surface area contributed by atoms with Crippen molar-refractivity contribution >= 4 is 28.2 Å². The first-order chi connectivity index (χ1) is 10.2. The van der Waals surface area contributed by atoms with E-state index < -0.39 is 0 Å². The molecule has 2 N–H and O–H groups in total. The summed E-state index contributed by atoms with van der Waals surface area (Å²) in [5.74, 6) is 0.709. The number of fused-ring (bicyclic) bond motifs is 1. The highest BCUT2D eigenvalue weighted by Gasteiger charge is 2.09. The van der Waals surface area contributed by atoms with Gasteiger partial charge in [0.25, 0.3) is 0 Å². The summed E-state index contributed by atoms with van der Waals surface area (Å²) in [6.07, 6.45) is 0. The number of aromatic nitrogens is 1. The summed E-state index contributed by atoms with van der Waals surface area (Å²) in [6.45, 7) is 0. The predicted molar refractivity (Wildman–Crippen MR) is 82.4 cm³/mol. The van der Waals surface area contributed by atoms with Crippen LogP contribution in [0.15, 0.2) is 48.5 Å². The summed E-state index contributed by atoms with van der Waals surface area (Å²) in [7, 11) is 0. The van der Waals surface area contributed by atoms with E-state index in [2.05, 4.69) is 11.1 Å². The van der Waals surface area contributed by atoms with Crippen molar-refractivity contribution in [3.05, 3.63) is 59.1 Å². The van der Waals surface area contributed by atoms with Gasteiger partial charge in [-0.2, -0.15) is 5.26 Å². The molecule has 0 aliphatic heterocycles. The van der Waals surface area contributed by atoms with E-state index in [4.69, 9.17) is 22.1 Å². The average Bonchev–Trinajstić information content (AvgIpc) is 2.50. The SMILES string of the molecule is N#Cc1cc(Oc2cc(N)ccc2Cl)nc2ccccc12. The van der Waals surface area contributed by atoms with Gasteiger partial charge in [-0.25, -0.2) is 4.98 Å². The smallest absolute Gasteiger partial charge is 0.221 e. The minimum Gasteiger partial charge on any atom is -0.437 e. The van der Waals surface area contributed by atoms with Crippen molar-refractivity contribution in [3.63, 3.8) is 0 Å². The number of nitrogen functional groups attached to an aromatic ring is 1. The summed E-state index contributed by atoms with van der Waals surface area (Å²) >= 11 is 6.06. The van der Waals surface area contributed by atoms with Crippen LogP contribution >= 0.6 is 11.6 Å². The lowest BCUT2D eigenvalue weighted by atomic mass is 10.1. The molecule has 0 radical (unpaired) electrons. The first kappa shape index (κ1) is 13.2. The molecule has 0 bridgehead atoms. The number of halogens is 1. The molecular formula is C16H10ClN3O. The molecule has 5 heteroatoms. The van der Waals surface area contributed by atoms with Crippen LogP contribution in [-0.2, 0) is 0 Å². The van der Waals surface area contributed by atoms with E-state index in [1.807, 2.05) is 24.3 Å². The molecule has 1 aromatic heterocycles. The molecule has 0 unspecified atom stereocenters. The van der Waals surface area contributed by atoms with Crippen molar-refractivity contribution < 1.29 is 4.74 Å². The van der Waals surface area contributed by atoms with Gasteiger partial charge in [0.05, 0.1) is 16.1 Å². The third kappa shape index (κ3) is 2.60. The van der Waals surface area contributed by atoms with Crippen LogP contribution in [0.1, 0.15) is 5.56 Å². The fraction of sp³-hybridized carbons (Fsp3) is 0. The summed E-state index contributed by atoms with van der Waals surface area (Å²) in [5, 5.41) is 10.5. The summed E-state index contributed by atoms with van der Waals surface area (Å²) in [5.41, 5.74) is 7.44. The van der Waals surface area contributed by atoms with Gasteiger partial charge >= 0.3 is 0 Å². The van der Waals surface area contributed by atoms with Crippen molar-refractivity contribution in [3.8, 4) is 17.7 Å². The van der Waals surface area contributed by atoms with Gasteiger partial charge in [-0.05, 0) is 18.2 Å². The number of anilines is 1. The zero-order valence-corrected chi connectivity index (χ0v) is 11.6. The highest BCUT2D eigenvalue weighted by Crippen LogP contribution is 2.31. The van der Waals surface area contributed by atoms with E-state index in [0.29, 0.717) is 33.4 Å². The molecule has 0 fully saturated rings. The third-order valence-electron chi connectivity index (χ3n) is 2.98. The number of nitrogens with two attached hydrogens (primary N) is 1. The van der Waals surface area contributed by atoms with Gasteiger partial charge in [0.15, 0.2) is 0 Å². The van der Waals surface area contributed by atoms with Gasteiger partial charge in [-0.3, -0.25) is 0 Å². The lowest BCUT2D eigenvalue weighted by Crippen LogP contribution is -1.93. The highest BCUT2D eigenvalue weighted by atomic mass is 35.5. The fourth-order valence-electron chi connectivity index (χ4n) is 2.01. The van der Waals surface area contributed by atoms with Gasteiger partial charge in [0.1, 0.15) is 11.8 Å². The monoisotopic (exact) mass is 295 g/mol. The molecule has 3 rings (SSSR count). The number of ether oxygens (including phenoxy) is 1. The van der Waals surface area contributed by atoms with E-state index >= 15 is 0 Å². The Morgan fingerprint density at radius 2 is 1.95 bits per heavy atom. The van der Waals surface area contributed by atoms with Gasteiger partial charge in [-0.15, -0.1) is 0 Å². The topological polar surface area (TPSA) is 71.9 Å². The van der Waals surface area contributed by atoms with E-state index in [1.54, 1.807) is 24.3 Å². The average molecular weight is 296 g/mol. The van der Waals surface area contributed by atoms with Gasteiger partial charge in [0.2, 0.25) is 5.88 Å². The van der Waals surface area contributed by atoms with Crippen LogP contribution in [-0.4, -0.2) is 4.98 Å². The van der Waals surface area contributed by atoms with Gasteiger partial charge in [0, 0.05) is 23.2 Å². The summed E-state index contributed by atoms with van der Waals surface area (Å²) in [4.78, 5) is 4.38. The Morgan fingerprint density at radius 3 is 2.76 bits per heavy atom. The number of nitrogens with zero attached hydrogens (tertiary/aromatic N) is 2. The van der Waals surface area contributed by atoms with Crippen molar-refractivity contribution in [2.45, 2.75) is 0 Å². The zero-order chi connectivity index (χ0) is 14.8. The number of benzene rings is 2. The molecule has 0 spiro atoms. The van der Waals surface area contributed by atoms with Crippen molar-refractivity contribution in [1.29, 1.82) is 5.26 Å². The van der Waals surface area contributed by atoms with E-state index in [9.17, 15) is 5.26 Å². The molecule has 4 nitrogen and oxygen atoms in total. The maximum Gasteiger partial charge on any atom is 0.221 e. The fourth-order valence-corrected chi connectivity index (χ4v) is 2.16. The molecule has 0 saturated carbocycles. The van der Waals surface area contributed by atoms with Crippen LogP contribution in [0.3, 0.4) is 0 Å². The van der Waals surface area contributed by atoms with Crippen molar-refractivity contribution in [2.75, 3.05) is 5.73 Å². The first-order valence-corrected chi connectivity index (χ1v) is 6.58. The maximum absolute atomic E-state index is 9.25. The van der Waals surface area contributed by atoms with Crippen LogP contribution in [0.2, 0.25) is 5.02 Å². The standard InChI is InChI=1S/C16H10ClN3O/c17-13-6-5-11(19)8-15(13)21-16-7-10(9-18)12-3-1-2-4-14(12)20-16/h1-8H,19H2. The predicted octanol–water partition coefficient (Wildman–Crippen LogP) is 4.13. The minimum atomic E-state index is 0.303. The molecule has 0 amide bonds. The van der Waals surface area contributed by atoms with Crippen LogP contribution < -0.4 is 10.5 Å². The number of pyridine rings is 1. The Bertz CT molecular complexity index is 871. The van der Waals surface area contributed by atoms with Crippen molar-refractivity contribution in [2.24, 2.45) is 0 Å². The summed E-state index contributed by atoms with van der Waals surface area (Å²) in [6, 6.07) is 16.1. The quantitative estimate of drug-likeness (QED) is 0.721. The number of hydrogen-bond donors (Lipinski definition) is 1. The molecule has 0 aliphatic rings. The molecule has 21 heavy (non-hydrogen) atoms. The maximum atomic E-state index is 9.25. The lowest BCUT2D eigenvalue weighted by molar-refractivity contribution is 0.465. The van der Waals surface area contributed by atoms with Gasteiger partial charge < -0.3 is 10.5 Å². The zero-order valence-electron chi connectivity index (χ0n) is 10.9. The number of hydrogen-bond acceptors (Lipinski definition) is 4. The van der Waals surface area contributed by atoms with Crippen molar-refractivity contribution in [1.82, 2.24) is 4.98 Å². The molecule has 1 heterocycles. The molecular weight excluding hydrogens is 286 g/mol. The number of para-hydroxylation sites is 1. The number of rotatable bonds is 2. The Kier molecular flexibility index (Phi) is 3.35. The third-order valence-corrected chi connectivity index (χ3v) is 3.30. The Balaban J connectivity index is 2.09. The van der Waals surface area contributed by atoms with E-state index in [-0.39, 0.29) is 0 Å². The van der Waals surface area contributed by atoms with Gasteiger partial charge in [-0.1, -0.05) is 29.8 Å². The van der Waals surface area contributed by atoms with Crippen LogP contribution in [0.25, 0.3) is 10.9 Å². The van der Waals surface area contributed by atoms with E-state index in [0.717, 1.165) is 5.39 Å². The second kappa shape index (κ2) is 5.31. The Hall–Kier alpha value is -2.77. The molecule has 0 aliphatic carbocycles. The normalized spacial score (nSPS) is 10.3. The summed E-state index contributed by atoms with van der Waals surface area (Å²) < 4.78 is 5.67. The van der Waals surface area contributed by atoms with Crippen LogP contribution in [0.5, 0.6) is 11.6 Å². The number of nitriles is 1.